The second kappa shape index (κ2) is 5.71. The van der Waals surface area contributed by atoms with Crippen LogP contribution in [0.3, 0.4) is 0 Å². The molecule has 0 radical (unpaired) electrons. The molecule has 0 bridgehead atoms. The van der Waals surface area contributed by atoms with E-state index in [4.69, 9.17) is 0 Å². The summed E-state index contributed by atoms with van der Waals surface area (Å²) < 4.78 is 1.03. The van der Waals surface area contributed by atoms with Crippen molar-refractivity contribution in [3.63, 3.8) is 0 Å². The first kappa shape index (κ1) is 14.0. The number of hydrogen-bond acceptors (Lipinski definition) is 4. The van der Waals surface area contributed by atoms with Crippen molar-refractivity contribution in [2.24, 2.45) is 0 Å². The van der Waals surface area contributed by atoms with Gasteiger partial charge in [0.1, 0.15) is 5.69 Å². The van der Waals surface area contributed by atoms with E-state index < -0.39 is 0 Å². The standard InChI is InChI=1S/C13H13BrN2O2S/c1-8-3-4-12(16(17)18)11(5-8)15-9(2)13-6-10(14)7-19-13/h3-7,9,15H,1-2H3. The Morgan fingerprint density at radius 2 is 2.16 bits per heavy atom. The van der Waals surface area contributed by atoms with Gasteiger partial charge in [0.15, 0.2) is 0 Å². The van der Waals surface area contributed by atoms with Crippen LogP contribution in [0.4, 0.5) is 11.4 Å². The SMILES string of the molecule is Cc1ccc([N+](=O)[O-])c(NC(C)c2cc(Br)cs2)c1. The first-order chi connectivity index (χ1) is 8.97. The summed E-state index contributed by atoms with van der Waals surface area (Å²) in [5, 5.41) is 16.2. The lowest BCUT2D eigenvalue weighted by Crippen LogP contribution is -2.07. The van der Waals surface area contributed by atoms with Crippen LogP contribution in [0.15, 0.2) is 34.1 Å². The molecular formula is C13H13BrN2O2S. The van der Waals surface area contributed by atoms with Gasteiger partial charge in [0.2, 0.25) is 0 Å². The number of aryl methyl sites for hydroxylation is 1. The molecule has 1 aromatic heterocycles. The Bertz CT molecular complexity index is 612. The molecule has 1 atom stereocenters. The number of hydrogen-bond donors (Lipinski definition) is 1. The number of nitrogens with zero attached hydrogens (tertiary/aromatic N) is 1. The quantitative estimate of drug-likeness (QED) is 0.636. The van der Waals surface area contributed by atoms with Gasteiger partial charge >= 0.3 is 0 Å². The number of benzene rings is 1. The summed E-state index contributed by atoms with van der Waals surface area (Å²) in [7, 11) is 0. The highest BCUT2D eigenvalue weighted by Gasteiger charge is 2.16. The zero-order valence-corrected chi connectivity index (χ0v) is 12.9. The van der Waals surface area contributed by atoms with Crippen molar-refractivity contribution < 1.29 is 4.92 Å². The van der Waals surface area contributed by atoms with E-state index in [9.17, 15) is 10.1 Å². The highest BCUT2D eigenvalue weighted by Crippen LogP contribution is 2.32. The van der Waals surface area contributed by atoms with Crippen LogP contribution in [0.1, 0.15) is 23.4 Å². The van der Waals surface area contributed by atoms with E-state index >= 15 is 0 Å². The molecule has 0 aliphatic heterocycles. The van der Waals surface area contributed by atoms with E-state index in [0.29, 0.717) is 5.69 Å². The van der Waals surface area contributed by atoms with Crippen LogP contribution in [0.2, 0.25) is 0 Å². The molecule has 0 spiro atoms. The molecule has 0 saturated carbocycles. The Morgan fingerprint density at radius 1 is 1.42 bits per heavy atom. The third-order valence-electron chi connectivity index (χ3n) is 2.74. The molecular weight excluding hydrogens is 328 g/mol. The molecule has 1 aromatic carbocycles. The fourth-order valence-electron chi connectivity index (χ4n) is 1.78. The number of anilines is 1. The number of nitrogens with one attached hydrogen (secondary N) is 1. The van der Waals surface area contributed by atoms with Crippen LogP contribution >= 0.6 is 27.3 Å². The topological polar surface area (TPSA) is 55.2 Å². The number of thiophene rings is 1. The van der Waals surface area contributed by atoms with Crippen molar-refractivity contribution in [1.29, 1.82) is 0 Å². The molecule has 0 saturated heterocycles. The summed E-state index contributed by atoms with van der Waals surface area (Å²) >= 11 is 5.03. The Labute approximate surface area is 123 Å². The minimum Gasteiger partial charge on any atom is -0.372 e. The summed E-state index contributed by atoms with van der Waals surface area (Å²) in [4.78, 5) is 11.8. The summed E-state index contributed by atoms with van der Waals surface area (Å²) in [6, 6.07) is 7.13. The van der Waals surface area contributed by atoms with Gasteiger partial charge in [-0.1, -0.05) is 6.07 Å². The van der Waals surface area contributed by atoms with Gasteiger partial charge in [-0.05, 0) is 47.5 Å². The Kier molecular flexibility index (Phi) is 4.21. The Hall–Kier alpha value is -1.40. The molecule has 4 nitrogen and oxygen atoms in total. The molecule has 1 unspecified atom stereocenters. The minimum atomic E-state index is -0.362. The van der Waals surface area contributed by atoms with Crippen molar-refractivity contribution in [1.82, 2.24) is 0 Å². The van der Waals surface area contributed by atoms with Crippen molar-refractivity contribution in [3.05, 3.63) is 54.7 Å². The van der Waals surface area contributed by atoms with Crippen LogP contribution < -0.4 is 5.32 Å². The van der Waals surface area contributed by atoms with E-state index in [-0.39, 0.29) is 16.7 Å². The first-order valence-electron chi connectivity index (χ1n) is 5.73. The van der Waals surface area contributed by atoms with Gasteiger partial charge in [-0.3, -0.25) is 10.1 Å². The molecule has 0 fully saturated rings. The van der Waals surface area contributed by atoms with E-state index in [1.54, 1.807) is 23.5 Å². The summed E-state index contributed by atoms with van der Waals surface area (Å²) in [5.74, 6) is 0. The molecule has 1 N–H and O–H groups in total. The van der Waals surface area contributed by atoms with Crippen LogP contribution in [0.25, 0.3) is 0 Å². The lowest BCUT2D eigenvalue weighted by Gasteiger charge is -2.14. The van der Waals surface area contributed by atoms with Crippen LogP contribution in [-0.2, 0) is 0 Å². The predicted molar refractivity (Wildman–Crippen MR) is 81.9 cm³/mol. The third kappa shape index (κ3) is 3.33. The molecule has 0 aliphatic rings. The fraction of sp³-hybridized carbons (Fsp3) is 0.231. The maximum Gasteiger partial charge on any atom is 0.292 e. The van der Waals surface area contributed by atoms with Crippen LogP contribution in [0.5, 0.6) is 0 Å². The van der Waals surface area contributed by atoms with Gasteiger partial charge in [0.25, 0.3) is 5.69 Å². The fourth-order valence-corrected chi connectivity index (χ4v) is 3.24. The van der Waals surface area contributed by atoms with Gasteiger partial charge in [-0.25, -0.2) is 0 Å². The Balaban J connectivity index is 2.27. The second-order valence-electron chi connectivity index (χ2n) is 4.31. The zero-order valence-electron chi connectivity index (χ0n) is 10.5. The summed E-state index contributed by atoms with van der Waals surface area (Å²) in [5.41, 5.74) is 1.66. The minimum absolute atomic E-state index is 0.0248. The van der Waals surface area contributed by atoms with Crippen molar-refractivity contribution in [2.45, 2.75) is 19.9 Å². The van der Waals surface area contributed by atoms with Crippen molar-refractivity contribution in [2.75, 3.05) is 5.32 Å². The maximum atomic E-state index is 11.0. The van der Waals surface area contributed by atoms with E-state index in [0.717, 1.165) is 14.9 Å². The number of rotatable bonds is 4. The van der Waals surface area contributed by atoms with E-state index in [2.05, 4.69) is 21.2 Å². The van der Waals surface area contributed by atoms with Gasteiger partial charge in [0.05, 0.1) is 11.0 Å². The number of nitro benzene ring substituents is 1. The molecule has 0 amide bonds. The normalized spacial score (nSPS) is 12.2. The van der Waals surface area contributed by atoms with Crippen molar-refractivity contribution in [3.8, 4) is 0 Å². The lowest BCUT2D eigenvalue weighted by molar-refractivity contribution is -0.384. The smallest absolute Gasteiger partial charge is 0.292 e. The second-order valence-corrected chi connectivity index (χ2v) is 6.17. The van der Waals surface area contributed by atoms with Crippen molar-refractivity contribution >= 4 is 38.6 Å². The average molecular weight is 341 g/mol. The molecule has 0 aliphatic carbocycles. The van der Waals surface area contributed by atoms with E-state index in [1.165, 1.54) is 6.07 Å². The summed E-state index contributed by atoms with van der Waals surface area (Å²) in [6.07, 6.45) is 0. The highest BCUT2D eigenvalue weighted by atomic mass is 79.9. The first-order valence-corrected chi connectivity index (χ1v) is 7.40. The predicted octanol–water partition coefficient (Wildman–Crippen LogP) is 4.90. The molecule has 100 valence electrons. The highest BCUT2D eigenvalue weighted by molar-refractivity contribution is 9.10. The molecule has 6 heteroatoms. The number of halogens is 1. The monoisotopic (exact) mass is 340 g/mol. The largest absolute Gasteiger partial charge is 0.372 e. The molecule has 1 heterocycles. The summed E-state index contributed by atoms with van der Waals surface area (Å²) in [6.45, 7) is 3.91. The lowest BCUT2D eigenvalue weighted by atomic mass is 10.1. The van der Waals surface area contributed by atoms with Crippen LogP contribution in [0, 0.1) is 17.0 Å². The third-order valence-corrected chi connectivity index (χ3v) is 4.61. The maximum absolute atomic E-state index is 11.0. The average Bonchev–Trinajstić information content (AvgIpc) is 2.75. The van der Waals surface area contributed by atoms with Gasteiger partial charge in [0, 0.05) is 20.8 Å². The Morgan fingerprint density at radius 3 is 2.74 bits per heavy atom. The molecule has 19 heavy (non-hydrogen) atoms. The van der Waals surface area contributed by atoms with E-state index in [1.807, 2.05) is 25.3 Å². The molecule has 2 rings (SSSR count). The molecule has 2 aromatic rings. The zero-order chi connectivity index (χ0) is 14.0. The van der Waals surface area contributed by atoms with Crippen LogP contribution in [-0.4, -0.2) is 4.92 Å². The number of nitro groups is 1. The van der Waals surface area contributed by atoms with Gasteiger partial charge < -0.3 is 5.32 Å². The van der Waals surface area contributed by atoms with Gasteiger partial charge in [-0.2, -0.15) is 0 Å². The van der Waals surface area contributed by atoms with Gasteiger partial charge in [-0.15, -0.1) is 11.3 Å².